The van der Waals surface area contributed by atoms with Crippen molar-refractivity contribution in [3.63, 3.8) is 0 Å². The molecule has 2 N–H and O–H groups in total. The zero-order valence-corrected chi connectivity index (χ0v) is 15.2. The average Bonchev–Trinajstić information content (AvgIpc) is 3.20. The lowest BCUT2D eigenvalue weighted by Gasteiger charge is -2.24. The molecule has 9 heteroatoms. The number of nitrogens with zero attached hydrogens (tertiary/aromatic N) is 3. The van der Waals surface area contributed by atoms with Crippen LogP contribution in [0.15, 0.2) is 31.1 Å². The molecule has 0 unspecified atom stereocenters. The van der Waals surface area contributed by atoms with Gasteiger partial charge in [0.05, 0.1) is 17.4 Å². The maximum absolute atomic E-state index is 11.9. The molecule has 0 aromatic carbocycles. The Balaban J connectivity index is 1.84. The Hall–Kier alpha value is -2.78. The van der Waals surface area contributed by atoms with Crippen LogP contribution >= 0.6 is 22.7 Å². The van der Waals surface area contributed by atoms with Crippen LogP contribution in [-0.4, -0.2) is 38.5 Å². The molecule has 7 nitrogen and oxygen atoms in total. The van der Waals surface area contributed by atoms with Gasteiger partial charge in [-0.15, -0.1) is 22.7 Å². The third-order valence-corrected chi connectivity index (χ3v) is 6.34. The van der Waals surface area contributed by atoms with E-state index in [0.29, 0.717) is 24.5 Å². The highest BCUT2D eigenvalue weighted by molar-refractivity contribution is 7.22. The molecule has 0 radical (unpaired) electrons. The second kappa shape index (κ2) is 6.50. The van der Waals surface area contributed by atoms with E-state index in [0.717, 1.165) is 31.2 Å². The Morgan fingerprint density at radius 1 is 1.38 bits per heavy atom. The molecule has 2 amide bonds. The van der Waals surface area contributed by atoms with Gasteiger partial charge in [0.15, 0.2) is 0 Å². The lowest BCUT2D eigenvalue weighted by molar-refractivity contribution is -0.111. The first-order valence-corrected chi connectivity index (χ1v) is 9.47. The average molecular weight is 386 g/mol. The lowest BCUT2D eigenvalue weighted by Crippen LogP contribution is -2.34. The Morgan fingerprint density at radius 2 is 2.23 bits per heavy atom. The van der Waals surface area contributed by atoms with Gasteiger partial charge in [-0.05, 0) is 24.1 Å². The van der Waals surface area contributed by atoms with Crippen LogP contribution in [0.25, 0.3) is 20.8 Å². The summed E-state index contributed by atoms with van der Waals surface area (Å²) in [4.78, 5) is 34.2. The largest absolute Gasteiger partial charge is 0.465 e. The van der Waals surface area contributed by atoms with E-state index in [1.807, 2.05) is 6.07 Å². The van der Waals surface area contributed by atoms with Crippen LogP contribution in [0.2, 0.25) is 0 Å². The van der Waals surface area contributed by atoms with Crippen LogP contribution < -0.4 is 5.32 Å². The molecule has 132 valence electrons. The third kappa shape index (κ3) is 2.85. The predicted octanol–water partition coefficient (Wildman–Crippen LogP) is 3.58. The summed E-state index contributed by atoms with van der Waals surface area (Å²) in [6.45, 7) is 4.24. The minimum absolute atomic E-state index is 0.303. The number of anilines is 1. The molecule has 0 saturated heterocycles. The van der Waals surface area contributed by atoms with Crippen molar-refractivity contribution in [1.29, 1.82) is 0 Å². The quantitative estimate of drug-likeness (QED) is 0.671. The summed E-state index contributed by atoms with van der Waals surface area (Å²) in [5.74, 6) is -0.303. The number of fused-ring (bicyclic) bond motifs is 2. The van der Waals surface area contributed by atoms with Gasteiger partial charge in [-0.3, -0.25) is 9.78 Å². The SMILES string of the molecule is C=CC(=O)Nc1sc2c(c1-c1nc3cnccc3s1)CCN(C(=O)O)C2. The Labute approximate surface area is 156 Å². The molecule has 1 aliphatic rings. The van der Waals surface area contributed by atoms with Crippen LogP contribution in [0.3, 0.4) is 0 Å². The van der Waals surface area contributed by atoms with Crippen LogP contribution in [0.5, 0.6) is 0 Å². The molecule has 0 fully saturated rings. The molecule has 0 aliphatic carbocycles. The van der Waals surface area contributed by atoms with Gasteiger partial charge in [0.2, 0.25) is 5.91 Å². The molecule has 3 aromatic heterocycles. The number of hydrogen-bond acceptors (Lipinski definition) is 6. The molecule has 0 bridgehead atoms. The van der Waals surface area contributed by atoms with Gasteiger partial charge >= 0.3 is 6.09 Å². The number of pyridine rings is 1. The van der Waals surface area contributed by atoms with Gasteiger partial charge in [-0.2, -0.15) is 0 Å². The van der Waals surface area contributed by atoms with Gasteiger partial charge in [-0.25, -0.2) is 9.78 Å². The third-order valence-electron chi connectivity index (χ3n) is 4.15. The number of hydrogen-bond donors (Lipinski definition) is 2. The van der Waals surface area contributed by atoms with Crippen LogP contribution in [0.1, 0.15) is 10.4 Å². The van der Waals surface area contributed by atoms with Crippen molar-refractivity contribution in [2.45, 2.75) is 13.0 Å². The van der Waals surface area contributed by atoms with Gasteiger partial charge < -0.3 is 15.3 Å². The normalized spacial score (nSPS) is 13.5. The number of carbonyl (C=O) groups excluding carboxylic acids is 1. The first-order valence-electron chi connectivity index (χ1n) is 7.83. The van der Waals surface area contributed by atoms with Crippen LogP contribution in [0.4, 0.5) is 9.80 Å². The van der Waals surface area contributed by atoms with E-state index >= 15 is 0 Å². The van der Waals surface area contributed by atoms with Crippen molar-refractivity contribution in [3.05, 3.63) is 41.6 Å². The summed E-state index contributed by atoms with van der Waals surface area (Å²) in [5, 5.41) is 13.6. The standard InChI is InChI=1S/C17H14N4O3S2/c1-2-13(22)20-16-14(15-19-10-7-18-5-3-11(10)25-15)9-4-6-21(17(23)24)8-12(9)26-16/h2-3,5,7H,1,4,6,8H2,(H,20,22)(H,23,24). The highest BCUT2D eigenvalue weighted by Gasteiger charge is 2.29. The Bertz CT molecular complexity index is 1010. The molecular weight excluding hydrogens is 372 g/mol. The van der Waals surface area contributed by atoms with E-state index < -0.39 is 6.09 Å². The Kier molecular flexibility index (Phi) is 4.17. The molecule has 3 aromatic rings. The number of carbonyl (C=O) groups is 2. The maximum atomic E-state index is 11.9. The summed E-state index contributed by atoms with van der Waals surface area (Å²) < 4.78 is 1.01. The number of rotatable bonds is 3. The van der Waals surface area contributed by atoms with Gasteiger partial charge in [-0.1, -0.05) is 6.58 Å². The summed E-state index contributed by atoms with van der Waals surface area (Å²) in [7, 11) is 0. The van der Waals surface area contributed by atoms with Crippen molar-refractivity contribution in [2.75, 3.05) is 11.9 Å². The number of thiazole rings is 1. The van der Waals surface area contributed by atoms with E-state index in [-0.39, 0.29) is 5.91 Å². The summed E-state index contributed by atoms with van der Waals surface area (Å²) in [5.41, 5.74) is 2.74. The summed E-state index contributed by atoms with van der Waals surface area (Å²) in [6.07, 6.45) is 4.30. The van der Waals surface area contributed by atoms with Crippen molar-refractivity contribution in [3.8, 4) is 10.6 Å². The minimum Gasteiger partial charge on any atom is -0.465 e. The van der Waals surface area contributed by atoms with Crippen LogP contribution in [0, 0.1) is 0 Å². The van der Waals surface area contributed by atoms with E-state index in [2.05, 4.69) is 21.9 Å². The minimum atomic E-state index is -0.937. The van der Waals surface area contributed by atoms with E-state index in [1.165, 1.54) is 33.6 Å². The molecule has 4 heterocycles. The lowest BCUT2D eigenvalue weighted by atomic mass is 10.0. The van der Waals surface area contributed by atoms with E-state index in [9.17, 15) is 14.7 Å². The molecule has 1 aliphatic heterocycles. The van der Waals surface area contributed by atoms with Gasteiger partial charge in [0.25, 0.3) is 0 Å². The number of thiophene rings is 1. The fraction of sp³-hybridized carbons (Fsp3) is 0.176. The van der Waals surface area contributed by atoms with Crippen molar-refractivity contribution >= 4 is 49.9 Å². The molecule has 0 spiro atoms. The Morgan fingerprint density at radius 3 is 2.96 bits per heavy atom. The number of amides is 2. The predicted molar refractivity (Wildman–Crippen MR) is 102 cm³/mol. The van der Waals surface area contributed by atoms with E-state index in [1.54, 1.807) is 12.4 Å². The highest BCUT2D eigenvalue weighted by atomic mass is 32.1. The molecule has 0 atom stereocenters. The first-order chi connectivity index (χ1) is 12.6. The van der Waals surface area contributed by atoms with Gasteiger partial charge in [0, 0.05) is 23.2 Å². The molecule has 4 rings (SSSR count). The maximum Gasteiger partial charge on any atom is 0.407 e. The number of aromatic nitrogens is 2. The summed E-state index contributed by atoms with van der Waals surface area (Å²) in [6, 6.07) is 1.91. The van der Waals surface area contributed by atoms with E-state index in [4.69, 9.17) is 0 Å². The smallest absolute Gasteiger partial charge is 0.407 e. The van der Waals surface area contributed by atoms with Gasteiger partial charge in [0.1, 0.15) is 15.5 Å². The number of nitrogens with one attached hydrogen (secondary N) is 1. The second-order valence-corrected chi connectivity index (χ2v) is 7.85. The van der Waals surface area contributed by atoms with Crippen molar-refractivity contribution in [1.82, 2.24) is 14.9 Å². The number of carboxylic acid groups (broad SMARTS) is 1. The monoisotopic (exact) mass is 386 g/mol. The fourth-order valence-corrected chi connectivity index (χ4v) is 5.27. The zero-order chi connectivity index (χ0) is 18.3. The van der Waals surface area contributed by atoms with Crippen molar-refractivity contribution < 1.29 is 14.7 Å². The molecule has 26 heavy (non-hydrogen) atoms. The highest BCUT2D eigenvalue weighted by Crippen LogP contribution is 2.45. The molecule has 0 saturated carbocycles. The molecular formula is C17H14N4O3S2. The van der Waals surface area contributed by atoms with Crippen LogP contribution in [-0.2, 0) is 17.8 Å². The first kappa shape index (κ1) is 16.7. The summed E-state index contributed by atoms with van der Waals surface area (Å²) >= 11 is 2.93. The van der Waals surface area contributed by atoms with Crippen molar-refractivity contribution in [2.24, 2.45) is 0 Å². The topological polar surface area (TPSA) is 95.4 Å². The zero-order valence-electron chi connectivity index (χ0n) is 13.6. The second-order valence-electron chi connectivity index (χ2n) is 5.72. The fourth-order valence-electron chi connectivity index (χ4n) is 2.93.